The van der Waals surface area contributed by atoms with E-state index in [1.165, 1.54) is 5.56 Å². The molecule has 2 heterocycles. The van der Waals surface area contributed by atoms with Gasteiger partial charge in [-0.05, 0) is 34.3 Å². The van der Waals surface area contributed by atoms with Gasteiger partial charge in [-0.3, -0.25) is 9.78 Å². The van der Waals surface area contributed by atoms with Gasteiger partial charge in [0.1, 0.15) is 0 Å². The molecular formula is C18H21BrN4OS2. The summed E-state index contributed by atoms with van der Waals surface area (Å²) in [5.41, 5.74) is 1.88. The molecule has 8 heteroatoms. The number of thioether (sulfide) groups is 2. The van der Waals surface area contributed by atoms with E-state index in [-0.39, 0.29) is 5.56 Å². The van der Waals surface area contributed by atoms with E-state index in [1.807, 2.05) is 30.0 Å². The standard InChI is InChI=1S/C18H21BrN4OS2/c19-16-11-26-13-23(16)12-25-9-8-20-18-21-10-15(17(24)22-18)7-6-14-4-2-1-3-5-14/h1-5,10-11H,6-9,12-13H2,(H2,20,21,22,24). The van der Waals surface area contributed by atoms with Crippen molar-refractivity contribution in [1.29, 1.82) is 0 Å². The van der Waals surface area contributed by atoms with E-state index in [0.717, 1.165) is 40.6 Å². The van der Waals surface area contributed by atoms with Crippen molar-refractivity contribution in [3.8, 4) is 0 Å². The number of aromatic amines is 1. The van der Waals surface area contributed by atoms with Gasteiger partial charge >= 0.3 is 0 Å². The number of hydrogen-bond donors (Lipinski definition) is 2. The molecule has 0 unspecified atom stereocenters. The first-order chi connectivity index (χ1) is 12.7. The molecule has 0 bridgehead atoms. The van der Waals surface area contributed by atoms with Gasteiger partial charge in [0.25, 0.3) is 5.56 Å². The lowest BCUT2D eigenvalue weighted by Gasteiger charge is -2.17. The van der Waals surface area contributed by atoms with Crippen LogP contribution in [-0.2, 0) is 12.8 Å². The monoisotopic (exact) mass is 452 g/mol. The predicted molar refractivity (Wildman–Crippen MR) is 116 cm³/mol. The molecule has 0 amide bonds. The highest BCUT2D eigenvalue weighted by Crippen LogP contribution is 2.28. The van der Waals surface area contributed by atoms with E-state index >= 15 is 0 Å². The smallest absolute Gasteiger partial charge is 0.255 e. The molecule has 0 saturated heterocycles. The summed E-state index contributed by atoms with van der Waals surface area (Å²) in [6.45, 7) is 0.763. The van der Waals surface area contributed by atoms with E-state index in [1.54, 1.807) is 18.0 Å². The minimum atomic E-state index is -0.0609. The van der Waals surface area contributed by atoms with Gasteiger partial charge in [-0.15, -0.1) is 23.5 Å². The minimum Gasteiger partial charge on any atom is -0.355 e. The summed E-state index contributed by atoms with van der Waals surface area (Å²) in [6.07, 6.45) is 3.22. The van der Waals surface area contributed by atoms with Crippen molar-refractivity contribution in [2.24, 2.45) is 0 Å². The van der Waals surface area contributed by atoms with Crippen molar-refractivity contribution in [2.75, 3.05) is 29.4 Å². The molecule has 1 aromatic heterocycles. The minimum absolute atomic E-state index is 0.0609. The Morgan fingerprint density at radius 3 is 2.88 bits per heavy atom. The fraction of sp³-hybridized carbons (Fsp3) is 0.333. The molecule has 138 valence electrons. The van der Waals surface area contributed by atoms with Crippen LogP contribution in [0.3, 0.4) is 0 Å². The molecule has 0 spiro atoms. The van der Waals surface area contributed by atoms with Crippen LogP contribution in [0.1, 0.15) is 11.1 Å². The highest BCUT2D eigenvalue weighted by molar-refractivity contribution is 9.11. The Morgan fingerprint density at radius 2 is 2.15 bits per heavy atom. The Labute approximate surface area is 170 Å². The molecule has 0 atom stereocenters. The maximum Gasteiger partial charge on any atom is 0.255 e. The summed E-state index contributed by atoms with van der Waals surface area (Å²) >= 11 is 7.18. The summed E-state index contributed by atoms with van der Waals surface area (Å²) in [4.78, 5) is 21.6. The van der Waals surface area contributed by atoms with Gasteiger partial charge in [0.15, 0.2) is 0 Å². The maximum absolute atomic E-state index is 12.2. The molecule has 0 saturated carbocycles. The number of rotatable bonds is 9. The number of benzene rings is 1. The molecule has 0 fully saturated rings. The first-order valence-electron chi connectivity index (χ1n) is 8.38. The molecule has 5 nitrogen and oxygen atoms in total. The second kappa shape index (κ2) is 10.1. The van der Waals surface area contributed by atoms with Crippen LogP contribution < -0.4 is 10.9 Å². The van der Waals surface area contributed by atoms with E-state index in [9.17, 15) is 4.79 Å². The number of H-pyrrole nitrogens is 1. The van der Waals surface area contributed by atoms with Gasteiger partial charge in [-0.2, -0.15) is 0 Å². The SMILES string of the molecule is O=c1[nH]c(NCCSCN2CSC=C2Br)ncc1CCc1ccccc1. The summed E-state index contributed by atoms with van der Waals surface area (Å²) < 4.78 is 1.15. The quantitative estimate of drug-likeness (QED) is 0.444. The normalized spacial score (nSPS) is 13.7. The fourth-order valence-electron chi connectivity index (χ4n) is 2.46. The van der Waals surface area contributed by atoms with Crippen LogP contribution in [0, 0.1) is 0 Å². The number of hydrogen-bond acceptors (Lipinski definition) is 6. The van der Waals surface area contributed by atoms with Crippen molar-refractivity contribution < 1.29 is 0 Å². The summed E-state index contributed by atoms with van der Waals surface area (Å²) in [5, 5.41) is 5.30. The zero-order valence-corrected chi connectivity index (χ0v) is 17.5. The third-order valence-electron chi connectivity index (χ3n) is 3.90. The molecule has 3 rings (SSSR count). The van der Waals surface area contributed by atoms with Crippen molar-refractivity contribution in [2.45, 2.75) is 12.8 Å². The third kappa shape index (κ3) is 5.82. The average Bonchev–Trinajstić information content (AvgIpc) is 3.06. The largest absolute Gasteiger partial charge is 0.355 e. The Bertz CT molecular complexity index is 797. The number of aryl methyl sites for hydroxylation is 2. The number of nitrogens with zero attached hydrogens (tertiary/aromatic N) is 2. The maximum atomic E-state index is 12.2. The van der Waals surface area contributed by atoms with Gasteiger partial charge in [0.05, 0.1) is 16.4 Å². The van der Waals surface area contributed by atoms with Crippen LogP contribution in [0.25, 0.3) is 0 Å². The van der Waals surface area contributed by atoms with Crippen molar-refractivity contribution in [1.82, 2.24) is 14.9 Å². The molecule has 2 N–H and O–H groups in total. The second-order valence-electron chi connectivity index (χ2n) is 5.81. The van der Waals surface area contributed by atoms with Gasteiger partial charge in [-0.25, -0.2) is 4.98 Å². The zero-order valence-electron chi connectivity index (χ0n) is 14.3. The van der Waals surface area contributed by atoms with E-state index in [2.05, 4.69) is 53.7 Å². The van der Waals surface area contributed by atoms with Gasteiger partial charge < -0.3 is 10.2 Å². The van der Waals surface area contributed by atoms with Crippen LogP contribution >= 0.6 is 39.5 Å². The Balaban J connectivity index is 1.40. The highest BCUT2D eigenvalue weighted by Gasteiger charge is 2.12. The predicted octanol–water partition coefficient (Wildman–Crippen LogP) is 3.86. The Hall–Kier alpha value is -1.38. The molecule has 2 aromatic rings. The summed E-state index contributed by atoms with van der Waals surface area (Å²) in [5.74, 6) is 3.44. The zero-order chi connectivity index (χ0) is 18.2. The Morgan fingerprint density at radius 1 is 1.31 bits per heavy atom. The lowest BCUT2D eigenvalue weighted by atomic mass is 10.1. The fourth-order valence-corrected chi connectivity index (χ4v) is 5.15. The van der Waals surface area contributed by atoms with Crippen LogP contribution in [0.5, 0.6) is 0 Å². The Kier molecular flexibility index (Phi) is 7.52. The lowest BCUT2D eigenvalue weighted by Crippen LogP contribution is -2.19. The molecule has 1 aromatic carbocycles. The molecule has 1 aliphatic heterocycles. The summed E-state index contributed by atoms with van der Waals surface area (Å²) in [7, 11) is 0. The first kappa shape index (κ1) is 19.4. The van der Waals surface area contributed by atoms with Crippen LogP contribution in [-0.4, -0.2) is 38.9 Å². The van der Waals surface area contributed by atoms with Crippen LogP contribution in [0.2, 0.25) is 0 Å². The second-order valence-corrected chi connectivity index (χ2v) is 8.53. The number of aromatic nitrogens is 2. The van der Waals surface area contributed by atoms with Crippen molar-refractivity contribution in [3.63, 3.8) is 0 Å². The summed E-state index contributed by atoms with van der Waals surface area (Å²) in [6, 6.07) is 10.2. The molecule has 0 aliphatic carbocycles. The lowest BCUT2D eigenvalue weighted by molar-refractivity contribution is 0.521. The number of anilines is 1. The van der Waals surface area contributed by atoms with Crippen LogP contribution in [0.4, 0.5) is 5.95 Å². The molecule has 1 aliphatic rings. The average molecular weight is 453 g/mol. The molecule has 0 radical (unpaired) electrons. The molecular weight excluding hydrogens is 432 g/mol. The van der Waals surface area contributed by atoms with Crippen LogP contribution in [0.15, 0.2) is 51.3 Å². The van der Waals surface area contributed by atoms with E-state index < -0.39 is 0 Å². The van der Waals surface area contributed by atoms with Crippen molar-refractivity contribution >= 4 is 45.4 Å². The topological polar surface area (TPSA) is 61.0 Å². The third-order valence-corrected chi connectivity index (χ3v) is 6.77. The van der Waals surface area contributed by atoms with Gasteiger partial charge in [-0.1, -0.05) is 30.3 Å². The molecule has 26 heavy (non-hydrogen) atoms. The van der Waals surface area contributed by atoms with E-state index in [0.29, 0.717) is 12.4 Å². The number of halogens is 1. The first-order valence-corrected chi connectivity index (χ1v) is 11.4. The number of nitrogens with one attached hydrogen (secondary N) is 2. The van der Waals surface area contributed by atoms with Crippen molar-refractivity contribution in [3.05, 3.63) is 68.0 Å². The van der Waals surface area contributed by atoms with E-state index in [4.69, 9.17) is 0 Å². The van der Waals surface area contributed by atoms with Gasteiger partial charge in [0, 0.05) is 29.5 Å². The van der Waals surface area contributed by atoms with Gasteiger partial charge in [0.2, 0.25) is 5.95 Å². The highest BCUT2D eigenvalue weighted by atomic mass is 79.9.